The minimum absolute atomic E-state index is 0.189. The van der Waals surface area contributed by atoms with Crippen LogP contribution in [0.1, 0.15) is 24.9 Å². The molecule has 0 unspecified atom stereocenters. The quantitative estimate of drug-likeness (QED) is 0.777. The first kappa shape index (κ1) is 13.6. The van der Waals surface area contributed by atoms with Crippen molar-refractivity contribution in [3.05, 3.63) is 23.7 Å². The Labute approximate surface area is 109 Å². The fourth-order valence-electron chi connectivity index (χ4n) is 2.21. The highest BCUT2D eigenvalue weighted by molar-refractivity contribution is 5.07. The highest BCUT2D eigenvalue weighted by atomic mass is 16.6. The van der Waals surface area contributed by atoms with Crippen LogP contribution < -0.4 is 0 Å². The summed E-state index contributed by atoms with van der Waals surface area (Å²) in [7, 11) is 2.08. The van der Waals surface area contributed by atoms with E-state index in [4.69, 9.17) is 13.9 Å². The maximum absolute atomic E-state index is 5.77. The van der Waals surface area contributed by atoms with Gasteiger partial charge in [0.25, 0.3) is 0 Å². The van der Waals surface area contributed by atoms with Crippen LogP contribution in [-0.2, 0) is 22.4 Å². The van der Waals surface area contributed by atoms with Crippen molar-refractivity contribution in [1.82, 2.24) is 4.90 Å². The Morgan fingerprint density at radius 1 is 1.28 bits per heavy atom. The molecule has 4 heteroatoms. The number of nitrogens with zero attached hydrogens (tertiary/aromatic N) is 1. The van der Waals surface area contributed by atoms with Crippen LogP contribution in [0, 0.1) is 0 Å². The summed E-state index contributed by atoms with van der Waals surface area (Å²) in [4.78, 5) is 2.22. The lowest BCUT2D eigenvalue weighted by atomic mass is 10.3. The molecule has 0 radical (unpaired) electrons. The van der Waals surface area contributed by atoms with Gasteiger partial charge in [-0.05, 0) is 25.6 Å². The first-order valence-electron chi connectivity index (χ1n) is 6.73. The average Bonchev–Trinajstić information content (AvgIpc) is 2.78. The Balaban J connectivity index is 1.76. The second-order valence-corrected chi connectivity index (χ2v) is 4.88. The predicted molar refractivity (Wildman–Crippen MR) is 69.6 cm³/mol. The Morgan fingerprint density at radius 2 is 2.11 bits per heavy atom. The minimum atomic E-state index is 0.189. The molecule has 1 saturated heterocycles. The number of furan rings is 1. The van der Waals surface area contributed by atoms with Crippen LogP contribution in [0.5, 0.6) is 0 Å². The molecule has 1 aromatic rings. The van der Waals surface area contributed by atoms with Crippen molar-refractivity contribution in [3.63, 3.8) is 0 Å². The monoisotopic (exact) mass is 253 g/mol. The van der Waals surface area contributed by atoms with Gasteiger partial charge in [-0.15, -0.1) is 0 Å². The van der Waals surface area contributed by atoms with Crippen LogP contribution in [0.4, 0.5) is 0 Å². The van der Waals surface area contributed by atoms with Gasteiger partial charge in [0.05, 0.1) is 32.5 Å². The summed E-state index contributed by atoms with van der Waals surface area (Å²) in [6.45, 7) is 5.99. The van der Waals surface area contributed by atoms with Gasteiger partial charge >= 0.3 is 0 Å². The number of hydrogen-bond acceptors (Lipinski definition) is 4. The molecular formula is C14H23NO3. The van der Waals surface area contributed by atoms with E-state index in [9.17, 15) is 0 Å². The number of likely N-dealkylation sites (N-methyl/N-ethyl adjacent to an activating group) is 1. The molecular weight excluding hydrogens is 230 g/mol. The van der Waals surface area contributed by atoms with Gasteiger partial charge in [0.1, 0.15) is 11.5 Å². The number of ether oxygens (including phenoxy) is 2. The van der Waals surface area contributed by atoms with Gasteiger partial charge in [-0.3, -0.25) is 4.90 Å². The fraction of sp³-hybridized carbons (Fsp3) is 0.714. The maximum atomic E-state index is 5.77. The fourth-order valence-corrected chi connectivity index (χ4v) is 2.21. The first-order chi connectivity index (χ1) is 8.78. The summed E-state index contributed by atoms with van der Waals surface area (Å²) < 4.78 is 16.8. The number of aryl methyl sites for hydroxylation is 1. The Kier molecular flexibility index (Phi) is 5.23. The number of rotatable bonds is 6. The van der Waals surface area contributed by atoms with E-state index in [0.717, 1.165) is 44.1 Å². The normalized spacial score (nSPS) is 20.5. The van der Waals surface area contributed by atoms with Crippen LogP contribution in [0.3, 0.4) is 0 Å². The van der Waals surface area contributed by atoms with Crippen molar-refractivity contribution in [2.45, 2.75) is 32.4 Å². The minimum Gasteiger partial charge on any atom is -0.465 e. The molecule has 0 spiro atoms. The molecule has 0 amide bonds. The van der Waals surface area contributed by atoms with Crippen molar-refractivity contribution in [1.29, 1.82) is 0 Å². The van der Waals surface area contributed by atoms with E-state index < -0.39 is 0 Å². The standard InChI is InChI=1S/C14H23NO3/c1-3-4-12-5-6-13(18-12)9-15(2)10-14-11-16-7-8-17-14/h5-6,14H,3-4,7-11H2,1-2H3/t14-/m1/s1. The van der Waals surface area contributed by atoms with Gasteiger partial charge in [-0.1, -0.05) is 6.92 Å². The summed E-state index contributed by atoms with van der Waals surface area (Å²) in [5, 5.41) is 0. The first-order valence-corrected chi connectivity index (χ1v) is 6.73. The van der Waals surface area contributed by atoms with E-state index in [1.807, 2.05) is 0 Å². The molecule has 4 nitrogen and oxygen atoms in total. The summed E-state index contributed by atoms with van der Waals surface area (Å²) >= 11 is 0. The molecule has 2 heterocycles. The van der Waals surface area contributed by atoms with Gasteiger partial charge in [-0.2, -0.15) is 0 Å². The van der Waals surface area contributed by atoms with Crippen LogP contribution in [0.2, 0.25) is 0 Å². The van der Waals surface area contributed by atoms with Gasteiger partial charge in [-0.25, -0.2) is 0 Å². The van der Waals surface area contributed by atoms with E-state index in [1.165, 1.54) is 0 Å². The molecule has 2 rings (SSSR count). The molecule has 1 atom stereocenters. The number of hydrogen-bond donors (Lipinski definition) is 0. The van der Waals surface area contributed by atoms with Crippen LogP contribution in [0.15, 0.2) is 16.5 Å². The lowest BCUT2D eigenvalue weighted by Gasteiger charge is -2.26. The smallest absolute Gasteiger partial charge is 0.118 e. The Bertz CT molecular complexity index is 345. The van der Waals surface area contributed by atoms with Crippen molar-refractivity contribution in [2.75, 3.05) is 33.4 Å². The molecule has 1 aliphatic heterocycles. The third-order valence-corrected chi connectivity index (χ3v) is 3.04. The molecule has 0 saturated carbocycles. The predicted octanol–water partition coefficient (Wildman–Crippen LogP) is 2.08. The van der Waals surface area contributed by atoms with E-state index in [2.05, 4.69) is 31.0 Å². The van der Waals surface area contributed by atoms with Crippen molar-refractivity contribution >= 4 is 0 Å². The molecule has 0 bridgehead atoms. The van der Waals surface area contributed by atoms with E-state index in [-0.39, 0.29) is 6.10 Å². The lowest BCUT2D eigenvalue weighted by molar-refractivity contribution is -0.0965. The van der Waals surface area contributed by atoms with Crippen molar-refractivity contribution in [3.8, 4) is 0 Å². The lowest BCUT2D eigenvalue weighted by Crippen LogP contribution is -2.38. The maximum Gasteiger partial charge on any atom is 0.118 e. The molecule has 0 N–H and O–H groups in total. The van der Waals surface area contributed by atoms with Gasteiger partial charge in [0, 0.05) is 13.0 Å². The van der Waals surface area contributed by atoms with Crippen LogP contribution >= 0.6 is 0 Å². The second-order valence-electron chi connectivity index (χ2n) is 4.88. The highest BCUT2D eigenvalue weighted by Gasteiger charge is 2.17. The zero-order valence-corrected chi connectivity index (χ0v) is 11.4. The molecule has 1 aromatic heterocycles. The van der Waals surface area contributed by atoms with Gasteiger partial charge in [0.2, 0.25) is 0 Å². The van der Waals surface area contributed by atoms with Crippen LogP contribution in [0.25, 0.3) is 0 Å². The van der Waals surface area contributed by atoms with Gasteiger partial charge < -0.3 is 13.9 Å². The molecule has 0 aromatic carbocycles. The van der Waals surface area contributed by atoms with E-state index >= 15 is 0 Å². The third kappa shape index (κ3) is 4.12. The summed E-state index contributed by atoms with van der Waals surface area (Å²) in [6, 6.07) is 4.15. The summed E-state index contributed by atoms with van der Waals surface area (Å²) in [5.74, 6) is 2.11. The molecule has 1 aliphatic rings. The SMILES string of the molecule is CCCc1ccc(CN(C)C[C@@H]2COCCO2)o1. The highest BCUT2D eigenvalue weighted by Crippen LogP contribution is 2.12. The Hall–Kier alpha value is -0.840. The van der Waals surface area contributed by atoms with E-state index in [0.29, 0.717) is 13.2 Å². The van der Waals surface area contributed by atoms with Crippen LogP contribution in [-0.4, -0.2) is 44.4 Å². The molecule has 18 heavy (non-hydrogen) atoms. The molecule has 0 aliphatic carbocycles. The van der Waals surface area contributed by atoms with E-state index in [1.54, 1.807) is 0 Å². The molecule has 1 fully saturated rings. The average molecular weight is 253 g/mol. The zero-order chi connectivity index (χ0) is 12.8. The largest absolute Gasteiger partial charge is 0.465 e. The summed E-state index contributed by atoms with van der Waals surface area (Å²) in [6.07, 6.45) is 2.33. The summed E-state index contributed by atoms with van der Waals surface area (Å²) in [5.41, 5.74) is 0. The third-order valence-electron chi connectivity index (χ3n) is 3.04. The topological polar surface area (TPSA) is 34.8 Å². The Morgan fingerprint density at radius 3 is 2.83 bits per heavy atom. The van der Waals surface area contributed by atoms with Gasteiger partial charge in [0.15, 0.2) is 0 Å². The van der Waals surface area contributed by atoms with Crippen molar-refractivity contribution < 1.29 is 13.9 Å². The van der Waals surface area contributed by atoms with Crippen molar-refractivity contribution in [2.24, 2.45) is 0 Å². The second kappa shape index (κ2) is 6.92. The molecule has 102 valence electrons. The zero-order valence-electron chi connectivity index (χ0n) is 11.4.